The minimum Gasteiger partial charge on any atom is -0.454 e. The van der Waals surface area contributed by atoms with E-state index >= 15 is 0 Å². The van der Waals surface area contributed by atoms with Gasteiger partial charge in [0.05, 0.1) is 25.4 Å². The van der Waals surface area contributed by atoms with Crippen molar-refractivity contribution < 1.29 is 49.3 Å². The van der Waals surface area contributed by atoms with Gasteiger partial charge in [-0.15, -0.1) is 0 Å². The molecular weight excluding hydrogens is 1010 g/mol. The van der Waals surface area contributed by atoms with Crippen LogP contribution in [0.4, 0.5) is 0 Å². The molecule has 1 rings (SSSR count). The van der Waals surface area contributed by atoms with Crippen LogP contribution in [0.2, 0.25) is 0 Å². The lowest BCUT2D eigenvalue weighted by Gasteiger charge is -2.41. The lowest BCUT2D eigenvalue weighted by Crippen LogP contribution is -2.61. The number of amides is 1. The SMILES string of the molecule is CCCCC/C=C\C/C=C\C/C=C\CCCCCCCCC(=O)OC1C(OCC(NC(=O)C(O)CCCCCCCCCCCCCCCCCCCCCC)C(O)/C=C/CCCCCCCCCCCCC)OC(CO)C(O)C1O. The first-order valence-electron chi connectivity index (χ1n) is 34.4. The van der Waals surface area contributed by atoms with Gasteiger partial charge in [-0.1, -0.05) is 301 Å². The topological polar surface area (TPSA) is 175 Å². The van der Waals surface area contributed by atoms with E-state index in [0.717, 1.165) is 89.9 Å². The Bertz CT molecular complexity index is 1500. The summed E-state index contributed by atoms with van der Waals surface area (Å²) < 4.78 is 17.7. The van der Waals surface area contributed by atoms with Crippen LogP contribution in [0.5, 0.6) is 0 Å². The summed E-state index contributed by atoms with van der Waals surface area (Å²) in [5.74, 6) is -1.20. The number of ether oxygens (including phenoxy) is 3. The summed E-state index contributed by atoms with van der Waals surface area (Å²) in [4.78, 5) is 26.6. The van der Waals surface area contributed by atoms with E-state index in [-0.39, 0.29) is 13.0 Å². The number of carbonyl (C=O) groups is 2. The third-order valence-corrected chi connectivity index (χ3v) is 16.2. The molecule has 0 spiro atoms. The first-order chi connectivity index (χ1) is 39.7. The average Bonchev–Trinajstić information content (AvgIpc) is 3.47. The molecular formula is C70H129NO10. The van der Waals surface area contributed by atoms with Crippen LogP contribution in [-0.2, 0) is 23.8 Å². The van der Waals surface area contributed by atoms with E-state index in [1.165, 1.54) is 186 Å². The van der Waals surface area contributed by atoms with E-state index in [4.69, 9.17) is 14.2 Å². The lowest BCUT2D eigenvalue weighted by molar-refractivity contribution is -0.305. The summed E-state index contributed by atoms with van der Waals surface area (Å²) in [7, 11) is 0. The second-order valence-electron chi connectivity index (χ2n) is 23.9. The van der Waals surface area contributed by atoms with Gasteiger partial charge < -0.3 is 45.1 Å². The van der Waals surface area contributed by atoms with Crippen molar-refractivity contribution in [2.75, 3.05) is 13.2 Å². The molecule has 0 aromatic heterocycles. The highest BCUT2D eigenvalue weighted by Gasteiger charge is 2.47. The smallest absolute Gasteiger partial charge is 0.306 e. The van der Waals surface area contributed by atoms with Crippen molar-refractivity contribution in [1.82, 2.24) is 5.32 Å². The first kappa shape index (κ1) is 76.6. The zero-order valence-corrected chi connectivity index (χ0v) is 52.7. The third-order valence-electron chi connectivity index (χ3n) is 16.2. The van der Waals surface area contributed by atoms with Crippen molar-refractivity contribution in [2.45, 2.75) is 372 Å². The second kappa shape index (κ2) is 58.0. The van der Waals surface area contributed by atoms with Gasteiger partial charge in [-0.2, -0.15) is 0 Å². The molecule has 0 bridgehead atoms. The van der Waals surface area contributed by atoms with E-state index in [9.17, 15) is 35.1 Å². The van der Waals surface area contributed by atoms with E-state index < -0.39 is 67.4 Å². The van der Waals surface area contributed by atoms with Gasteiger partial charge in [0.25, 0.3) is 0 Å². The fraction of sp³-hybridized carbons (Fsp3) is 0.857. The van der Waals surface area contributed by atoms with Crippen LogP contribution in [0.15, 0.2) is 48.6 Å². The maximum absolute atomic E-state index is 13.5. The molecule has 1 amide bonds. The zero-order valence-electron chi connectivity index (χ0n) is 52.7. The molecule has 0 aliphatic carbocycles. The van der Waals surface area contributed by atoms with E-state index in [0.29, 0.717) is 19.3 Å². The number of allylic oxidation sites excluding steroid dienone is 7. The molecule has 1 fully saturated rings. The van der Waals surface area contributed by atoms with Crippen LogP contribution in [0.3, 0.4) is 0 Å². The minimum absolute atomic E-state index is 0.110. The number of aliphatic hydroxyl groups excluding tert-OH is 5. The molecule has 0 radical (unpaired) electrons. The van der Waals surface area contributed by atoms with Gasteiger partial charge in [0.2, 0.25) is 5.91 Å². The minimum atomic E-state index is -1.62. The average molecular weight is 1140 g/mol. The van der Waals surface area contributed by atoms with Gasteiger partial charge in [-0.25, -0.2) is 0 Å². The highest BCUT2D eigenvalue weighted by Crippen LogP contribution is 2.26. The Morgan fingerprint density at radius 2 is 0.852 bits per heavy atom. The number of hydrogen-bond donors (Lipinski definition) is 6. The number of nitrogens with one attached hydrogen (secondary N) is 1. The van der Waals surface area contributed by atoms with Gasteiger partial charge in [-0.05, 0) is 64.2 Å². The monoisotopic (exact) mass is 1140 g/mol. The highest BCUT2D eigenvalue weighted by atomic mass is 16.7. The van der Waals surface area contributed by atoms with Crippen molar-refractivity contribution in [3.8, 4) is 0 Å². The van der Waals surface area contributed by atoms with Gasteiger partial charge >= 0.3 is 5.97 Å². The third kappa shape index (κ3) is 45.6. The number of esters is 1. The number of hydrogen-bond acceptors (Lipinski definition) is 10. The molecule has 8 unspecified atom stereocenters. The quantitative estimate of drug-likeness (QED) is 0.0195. The van der Waals surface area contributed by atoms with E-state index in [1.54, 1.807) is 6.08 Å². The van der Waals surface area contributed by atoms with Gasteiger partial charge in [0, 0.05) is 6.42 Å². The highest BCUT2D eigenvalue weighted by molar-refractivity contribution is 5.80. The Kier molecular flexibility index (Phi) is 54.9. The normalized spacial score (nSPS) is 18.9. The predicted molar refractivity (Wildman–Crippen MR) is 338 cm³/mol. The molecule has 1 aliphatic rings. The zero-order chi connectivity index (χ0) is 58.9. The Labute approximate surface area is 497 Å². The molecule has 6 N–H and O–H groups in total. The van der Waals surface area contributed by atoms with Gasteiger partial charge in [0.1, 0.15) is 24.4 Å². The summed E-state index contributed by atoms with van der Waals surface area (Å²) in [6.45, 7) is 5.80. The van der Waals surface area contributed by atoms with Crippen LogP contribution in [0.25, 0.3) is 0 Å². The number of aliphatic hydroxyl groups is 5. The fourth-order valence-electron chi connectivity index (χ4n) is 10.8. The Morgan fingerprint density at radius 1 is 0.481 bits per heavy atom. The van der Waals surface area contributed by atoms with Crippen molar-refractivity contribution in [2.24, 2.45) is 0 Å². The first-order valence-corrected chi connectivity index (χ1v) is 34.4. The van der Waals surface area contributed by atoms with Gasteiger partial charge in [-0.3, -0.25) is 9.59 Å². The number of rotatable bonds is 59. The van der Waals surface area contributed by atoms with Crippen molar-refractivity contribution in [3.63, 3.8) is 0 Å². The molecule has 474 valence electrons. The molecule has 8 atom stereocenters. The fourth-order valence-corrected chi connectivity index (χ4v) is 10.8. The molecule has 11 nitrogen and oxygen atoms in total. The van der Waals surface area contributed by atoms with Crippen molar-refractivity contribution >= 4 is 11.9 Å². The van der Waals surface area contributed by atoms with Crippen LogP contribution in [0, 0.1) is 0 Å². The molecule has 0 aromatic carbocycles. The molecule has 0 aromatic rings. The maximum atomic E-state index is 13.5. The largest absolute Gasteiger partial charge is 0.454 e. The molecule has 1 saturated heterocycles. The summed E-state index contributed by atoms with van der Waals surface area (Å²) in [6.07, 6.45) is 61.4. The lowest BCUT2D eigenvalue weighted by atomic mass is 9.99. The van der Waals surface area contributed by atoms with Crippen LogP contribution >= 0.6 is 0 Å². The second-order valence-corrected chi connectivity index (χ2v) is 23.9. The maximum Gasteiger partial charge on any atom is 0.306 e. The summed E-state index contributed by atoms with van der Waals surface area (Å²) in [5.41, 5.74) is 0. The van der Waals surface area contributed by atoms with Crippen LogP contribution in [0.1, 0.15) is 323 Å². The molecule has 11 heteroatoms. The number of carbonyl (C=O) groups excluding carboxylic acids is 2. The Hall–Kier alpha value is -2.38. The van der Waals surface area contributed by atoms with Gasteiger partial charge in [0.15, 0.2) is 12.4 Å². The molecule has 1 heterocycles. The number of unbranched alkanes of at least 4 members (excludes halogenated alkanes) is 39. The summed E-state index contributed by atoms with van der Waals surface area (Å²) in [5, 5.41) is 57.2. The molecule has 81 heavy (non-hydrogen) atoms. The summed E-state index contributed by atoms with van der Waals surface area (Å²) in [6, 6.07) is -1.03. The Balaban J connectivity index is 2.63. The van der Waals surface area contributed by atoms with Crippen molar-refractivity contribution in [3.05, 3.63) is 48.6 Å². The predicted octanol–water partition coefficient (Wildman–Crippen LogP) is 17.2. The molecule has 1 aliphatic heterocycles. The Morgan fingerprint density at radius 3 is 1.30 bits per heavy atom. The van der Waals surface area contributed by atoms with E-state index in [2.05, 4.69) is 62.5 Å². The van der Waals surface area contributed by atoms with Crippen LogP contribution in [-0.4, -0.2) is 99.6 Å². The van der Waals surface area contributed by atoms with E-state index in [1.807, 2.05) is 6.08 Å². The molecule has 0 saturated carbocycles. The summed E-state index contributed by atoms with van der Waals surface area (Å²) >= 11 is 0. The van der Waals surface area contributed by atoms with Crippen LogP contribution < -0.4 is 5.32 Å². The van der Waals surface area contributed by atoms with Crippen molar-refractivity contribution in [1.29, 1.82) is 0 Å². The standard InChI is InChI=1S/C70H129NO10/c1-4-7-10-13-16-19-22-25-27-29-31-33-34-36-39-42-45-48-51-54-57-63(74)69(78)71-61(62(73)56-53-50-47-44-41-38-24-21-18-15-12-9-6-3)60-79-70-68(67(77)66(76)64(59-72)80-70)81-65(75)58-55-52-49-46-43-40-37-35-32-30-28-26-23-20-17-14-11-8-5-2/h17,20,26,28,32,35,53,56,61-64,66-68,70,72-74,76-77H,4-16,18-19,21-25,27,29-31,33-34,36-52,54-55,57-60H2,1-3H3,(H,71,78)/b20-17-,28-26-,35-32-,56-53+.